The van der Waals surface area contributed by atoms with Crippen LogP contribution in [-0.2, 0) is 14.3 Å². The summed E-state index contributed by atoms with van der Waals surface area (Å²) < 4.78 is 36.2. The highest BCUT2D eigenvalue weighted by atomic mass is 19.2. The molecule has 0 unspecified atom stereocenters. The van der Waals surface area contributed by atoms with E-state index in [9.17, 15) is 18.4 Å². The van der Waals surface area contributed by atoms with Crippen LogP contribution >= 0.6 is 0 Å². The van der Waals surface area contributed by atoms with Crippen LogP contribution < -0.4 is 0 Å². The molecule has 0 aromatic heterocycles. The van der Waals surface area contributed by atoms with Crippen molar-refractivity contribution in [2.75, 3.05) is 53.0 Å². The predicted molar refractivity (Wildman–Crippen MR) is 81.5 cm³/mol. The van der Waals surface area contributed by atoms with Crippen molar-refractivity contribution in [3.8, 4) is 0 Å². The molecule has 0 bridgehead atoms. The zero-order valence-corrected chi connectivity index (χ0v) is 13.5. The van der Waals surface area contributed by atoms with E-state index in [2.05, 4.69) is 9.64 Å². The number of benzene rings is 1. The van der Waals surface area contributed by atoms with Gasteiger partial charge < -0.3 is 14.4 Å². The predicted octanol–water partition coefficient (Wildman–Crippen LogP) is 0.912. The molecule has 2 rings (SSSR count). The molecular weight excluding hydrogens is 322 g/mol. The van der Waals surface area contributed by atoms with E-state index >= 15 is 0 Å². The highest BCUT2D eigenvalue weighted by Crippen LogP contribution is 2.11. The fraction of sp³-hybridized carbons (Fsp3) is 0.500. The quantitative estimate of drug-likeness (QED) is 0.720. The van der Waals surface area contributed by atoms with Crippen molar-refractivity contribution in [2.24, 2.45) is 0 Å². The van der Waals surface area contributed by atoms with Gasteiger partial charge >= 0.3 is 5.97 Å². The number of carbonyl (C=O) groups excluding carboxylic acids is 2. The molecule has 0 N–H and O–H groups in total. The Hall–Kier alpha value is -2.06. The molecule has 0 spiro atoms. The Morgan fingerprint density at radius 2 is 1.96 bits per heavy atom. The van der Waals surface area contributed by atoms with Crippen molar-refractivity contribution in [3.05, 3.63) is 35.4 Å². The Labute approximate surface area is 138 Å². The molecule has 0 aliphatic carbocycles. The molecule has 1 saturated heterocycles. The van der Waals surface area contributed by atoms with Crippen molar-refractivity contribution >= 4 is 11.9 Å². The lowest BCUT2D eigenvalue weighted by molar-refractivity contribution is -0.141. The Kier molecular flexibility index (Phi) is 6.62. The van der Waals surface area contributed by atoms with Gasteiger partial charge in [-0.25, -0.2) is 8.78 Å². The van der Waals surface area contributed by atoms with E-state index in [-0.39, 0.29) is 18.7 Å². The minimum atomic E-state index is -1.10. The third kappa shape index (κ3) is 4.97. The molecule has 1 aliphatic heterocycles. The lowest BCUT2D eigenvalue weighted by Crippen LogP contribution is -2.44. The van der Waals surface area contributed by atoms with Gasteiger partial charge in [-0.15, -0.1) is 0 Å². The molecule has 132 valence electrons. The fourth-order valence-corrected chi connectivity index (χ4v) is 2.37. The third-order valence-corrected chi connectivity index (χ3v) is 3.79. The number of amides is 1. The maximum Gasteiger partial charge on any atom is 0.325 e. The SMILES string of the molecule is COC(=O)CN(CCN1CCOCC1)C(=O)c1ccc(F)c(F)c1. The minimum Gasteiger partial charge on any atom is -0.468 e. The maximum absolute atomic E-state index is 13.3. The molecule has 24 heavy (non-hydrogen) atoms. The normalized spacial score (nSPS) is 15.1. The first-order valence-electron chi connectivity index (χ1n) is 7.62. The molecule has 8 heteroatoms. The van der Waals surface area contributed by atoms with Crippen molar-refractivity contribution in [3.63, 3.8) is 0 Å². The molecule has 1 heterocycles. The number of nitrogens with zero attached hydrogens (tertiary/aromatic N) is 2. The fourth-order valence-electron chi connectivity index (χ4n) is 2.37. The van der Waals surface area contributed by atoms with Crippen molar-refractivity contribution < 1.29 is 27.8 Å². The van der Waals surface area contributed by atoms with Crippen LogP contribution in [0.25, 0.3) is 0 Å². The summed E-state index contributed by atoms with van der Waals surface area (Å²) in [5, 5.41) is 0. The molecule has 1 amide bonds. The largest absolute Gasteiger partial charge is 0.468 e. The van der Waals surface area contributed by atoms with Crippen LogP contribution in [0.1, 0.15) is 10.4 Å². The molecule has 1 aliphatic rings. The molecule has 0 saturated carbocycles. The number of rotatable bonds is 6. The lowest BCUT2D eigenvalue weighted by atomic mass is 10.2. The summed E-state index contributed by atoms with van der Waals surface area (Å²) in [7, 11) is 1.23. The molecule has 1 aromatic rings. The summed E-state index contributed by atoms with van der Waals surface area (Å²) in [6.45, 7) is 3.29. The van der Waals surface area contributed by atoms with Crippen LogP contribution in [0, 0.1) is 11.6 Å². The molecule has 1 aromatic carbocycles. The lowest BCUT2D eigenvalue weighted by Gasteiger charge is -2.29. The highest BCUT2D eigenvalue weighted by molar-refractivity contribution is 5.96. The Balaban J connectivity index is 2.06. The summed E-state index contributed by atoms with van der Waals surface area (Å²) in [5.41, 5.74) is -0.0141. The summed E-state index contributed by atoms with van der Waals surface area (Å²) in [6.07, 6.45) is 0. The molecule has 0 radical (unpaired) electrons. The summed E-state index contributed by atoms with van der Waals surface area (Å²) in [4.78, 5) is 27.4. The van der Waals surface area contributed by atoms with Crippen molar-refractivity contribution in [1.29, 1.82) is 0 Å². The van der Waals surface area contributed by atoms with Crippen LogP contribution in [0.4, 0.5) is 8.78 Å². The van der Waals surface area contributed by atoms with Crippen LogP contribution in [0.2, 0.25) is 0 Å². The number of methoxy groups -OCH3 is 1. The summed E-state index contributed by atoms with van der Waals surface area (Å²) in [6, 6.07) is 2.91. The zero-order valence-electron chi connectivity index (χ0n) is 13.5. The van der Waals surface area contributed by atoms with E-state index in [0.717, 1.165) is 25.2 Å². The molecular formula is C16H20F2N2O4. The standard InChI is InChI=1S/C16H20F2N2O4/c1-23-15(21)11-20(5-4-19-6-8-24-9-7-19)16(22)12-2-3-13(17)14(18)10-12/h2-3,10H,4-9,11H2,1H3. The first-order chi connectivity index (χ1) is 11.5. The Morgan fingerprint density at radius 1 is 1.25 bits per heavy atom. The van der Waals surface area contributed by atoms with E-state index in [4.69, 9.17) is 4.74 Å². The number of carbonyl (C=O) groups is 2. The van der Waals surface area contributed by atoms with Crippen molar-refractivity contribution in [1.82, 2.24) is 9.80 Å². The van der Waals surface area contributed by atoms with Gasteiger partial charge in [-0.2, -0.15) is 0 Å². The van der Waals surface area contributed by atoms with Gasteiger partial charge in [0.1, 0.15) is 6.54 Å². The summed E-state index contributed by atoms with van der Waals surface area (Å²) >= 11 is 0. The van der Waals surface area contributed by atoms with Crippen LogP contribution in [-0.4, -0.2) is 74.7 Å². The number of hydrogen-bond acceptors (Lipinski definition) is 5. The minimum absolute atomic E-state index is 0.0141. The van der Waals surface area contributed by atoms with Gasteiger partial charge in [0.15, 0.2) is 11.6 Å². The van der Waals surface area contributed by atoms with Gasteiger partial charge in [-0.1, -0.05) is 0 Å². The second kappa shape index (κ2) is 8.70. The van der Waals surface area contributed by atoms with Gasteiger partial charge in [-0.05, 0) is 18.2 Å². The first-order valence-corrected chi connectivity index (χ1v) is 7.62. The topological polar surface area (TPSA) is 59.1 Å². The van der Waals surface area contributed by atoms with Crippen LogP contribution in [0.3, 0.4) is 0 Å². The van der Waals surface area contributed by atoms with E-state index < -0.39 is 23.5 Å². The van der Waals surface area contributed by atoms with Crippen LogP contribution in [0.15, 0.2) is 18.2 Å². The zero-order chi connectivity index (χ0) is 17.5. The highest BCUT2D eigenvalue weighted by Gasteiger charge is 2.22. The van der Waals surface area contributed by atoms with E-state index in [1.54, 1.807) is 0 Å². The number of esters is 1. The van der Waals surface area contributed by atoms with Gasteiger partial charge in [-0.3, -0.25) is 14.5 Å². The monoisotopic (exact) mass is 342 g/mol. The Morgan fingerprint density at radius 3 is 2.58 bits per heavy atom. The number of ether oxygens (including phenoxy) is 2. The number of hydrogen-bond donors (Lipinski definition) is 0. The van der Waals surface area contributed by atoms with Gasteiger partial charge in [0.2, 0.25) is 0 Å². The average molecular weight is 342 g/mol. The number of halogens is 2. The van der Waals surface area contributed by atoms with E-state index in [1.807, 2.05) is 0 Å². The second-order valence-electron chi connectivity index (χ2n) is 5.39. The van der Waals surface area contributed by atoms with Gasteiger partial charge in [0, 0.05) is 31.7 Å². The molecule has 6 nitrogen and oxygen atoms in total. The van der Waals surface area contributed by atoms with Gasteiger partial charge in [0.25, 0.3) is 5.91 Å². The number of morpholine rings is 1. The molecule has 1 fully saturated rings. The van der Waals surface area contributed by atoms with E-state index in [1.165, 1.54) is 18.1 Å². The average Bonchev–Trinajstić information content (AvgIpc) is 2.61. The molecule has 0 atom stereocenters. The third-order valence-electron chi connectivity index (χ3n) is 3.79. The van der Waals surface area contributed by atoms with Crippen molar-refractivity contribution in [2.45, 2.75) is 0 Å². The summed E-state index contributed by atoms with van der Waals surface area (Å²) in [5.74, 6) is -3.26. The smallest absolute Gasteiger partial charge is 0.325 e. The van der Waals surface area contributed by atoms with Gasteiger partial charge in [0.05, 0.1) is 20.3 Å². The first kappa shape index (κ1) is 18.3. The maximum atomic E-state index is 13.3. The second-order valence-corrected chi connectivity index (χ2v) is 5.39. The van der Waals surface area contributed by atoms with E-state index in [0.29, 0.717) is 19.8 Å². The van der Waals surface area contributed by atoms with Crippen LogP contribution in [0.5, 0.6) is 0 Å². The Bertz CT molecular complexity index is 591.